The van der Waals surface area contributed by atoms with E-state index in [2.05, 4.69) is 21.1 Å². The Balaban J connectivity index is 0.00000385. The second kappa shape index (κ2) is 10.1. The number of amides is 2. The van der Waals surface area contributed by atoms with E-state index in [0.717, 1.165) is 4.90 Å². The maximum atomic E-state index is 13.0. The Morgan fingerprint density at radius 2 is 1.73 bits per heavy atom. The monoisotopic (exact) mass is 555 g/mol. The van der Waals surface area contributed by atoms with Crippen LogP contribution in [0.2, 0.25) is 5.28 Å². The van der Waals surface area contributed by atoms with Gasteiger partial charge in [0.2, 0.25) is 0 Å². The number of rotatable bonds is 2. The molecule has 0 saturated heterocycles. The van der Waals surface area contributed by atoms with Gasteiger partial charge in [0.05, 0.1) is 18.5 Å². The molecule has 0 aliphatic heterocycles. The molecule has 2 heterocycles. The van der Waals surface area contributed by atoms with Gasteiger partial charge in [0.1, 0.15) is 16.5 Å². The standard InChI is InChI=1S/C21H29ClN5O5.Y/c1-11-13(26-10-24-12-9-23-17(22)25-16(12)26)8-14(15(11)28)27(18(29)31-20(2,3)4)19(30)32-21(5,6)7;/h10-11,13-15,28H,8H2,1-7H3;/q-1;/t11-,13-,14+,15-;/m1./s1. The molecule has 33 heavy (non-hydrogen) atoms. The smallest absolute Gasteiger partial charge is 0.420 e. The number of halogens is 1. The predicted octanol–water partition coefficient (Wildman–Crippen LogP) is 3.76. The molecule has 179 valence electrons. The van der Waals surface area contributed by atoms with Gasteiger partial charge in [-0.1, -0.05) is 6.92 Å². The van der Waals surface area contributed by atoms with Crippen molar-refractivity contribution in [1.82, 2.24) is 24.4 Å². The summed E-state index contributed by atoms with van der Waals surface area (Å²) >= 11 is 5.93. The van der Waals surface area contributed by atoms with Crippen molar-refractivity contribution in [2.75, 3.05) is 0 Å². The van der Waals surface area contributed by atoms with Gasteiger partial charge >= 0.3 is 12.2 Å². The molecule has 3 rings (SSSR count). The van der Waals surface area contributed by atoms with Gasteiger partial charge < -0.3 is 29.1 Å². The van der Waals surface area contributed by atoms with Crippen LogP contribution in [0.3, 0.4) is 0 Å². The van der Waals surface area contributed by atoms with Crippen molar-refractivity contribution in [3.8, 4) is 0 Å². The molecule has 1 fully saturated rings. The first kappa shape index (κ1) is 27.9. The zero-order chi connectivity index (χ0) is 24.0. The summed E-state index contributed by atoms with van der Waals surface area (Å²) in [6.07, 6.45) is 1.74. The molecule has 2 amide bonds. The van der Waals surface area contributed by atoms with Crippen LogP contribution in [0.1, 0.15) is 60.9 Å². The average molecular weight is 556 g/mol. The molecule has 12 heteroatoms. The van der Waals surface area contributed by atoms with Crippen LogP contribution in [0.15, 0.2) is 6.33 Å². The molecule has 1 aliphatic carbocycles. The minimum absolute atomic E-state index is 0. The first-order valence-corrected chi connectivity index (χ1v) is 10.8. The molecule has 10 nitrogen and oxygen atoms in total. The van der Waals surface area contributed by atoms with Crippen LogP contribution in [-0.2, 0) is 42.2 Å². The van der Waals surface area contributed by atoms with Gasteiger partial charge in [0, 0.05) is 55.8 Å². The van der Waals surface area contributed by atoms with Crippen molar-refractivity contribution in [3.05, 3.63) is 17.8 Å². The Kier molecular flexibility index (Phi) is 8.53. The number of fused-ring (bicyclic) bond motifs is 1. The molecule has 0 bridgehead atoms. The van der Waals surface area contributed by atoms with Gasteiger partial charge in [-0.2, -0.15) is 0 Å². The summed E-state index contributed by atoms with van der Waals surface area (Å²) in [6.45, 7) is 12.0. The number of imide groups is 1. The Bertz CT molecular complexity index is 991. The predicted molar refractivity (Wildman–Crippen MR) is 116 cm³/mol. The Labute approximate surface area is 223 Å². The summed E-state index contributed by atoms with van der Waals surface area (Å²) < 4.78 is 12.7. The Morgan fingerprint density at radius 1 is 1.18 bits per heavy atom. The number of ether oxygens (including phenoxy) is 2. The Morgan fingerprint density at radius 3 is 2.24 bits per heavy atom. The molecule has 1 N–H and O–H groups in total. The largest absolute Gasteiger partial charge is 0.443 e. The molecule has 1 radical (unpaired) electrons. The molecule has 2 aromatic rings. The number of carbonyl (C=O) groups excluding carboxylic acids is 2. The van der Waals surface area contributed by atoms with Crippen molar-refractivity contribution in [2.24, 2.45) is 5.92 Å². The van der Waals surface area contributed by atoms with E-state index < -0.39 is 35.5 Å². The van der Waals surface area contributed by atoms with Crippen LogP contribution >= 0.6 is 11.6 Å². The third kappa shape index (κ3) is 6.41. The number of aliphatic hydroxyl groups is 1. The van der Waals surface area contributed by atoms with E-state index in [1.165, 1.54) is 0 Å². The van der Waals surface area contributed by atoms with E-state index in [1.54, 1.807) is 52.4 Å². The van der Waals surface area contributed by atoms with Gasteiger partial charge in [-0.05, 0) is 54.2 Å². The van der Waals surface area contributed by atoms with Crippen molar-refractivity contribution in [1.29, 1.82) is 0 Å². The number of hydrogen-bond acceptors (Lipinski definition) is 8. The fourth-order valence-corrected chi connectivity index (χ4v) is 3.89. The van der Waals surface area contributed by atoms with Crippen LogP contribution in [0, 0.1) is 12.1 Å². The molecule has 0 unspecified atom stereocenters. The summed E-state index contributed by atoms with van der Waals surface area (Å²) in [4.78, 5) is 39.2. The molecular weight excluding hydrogens is 527 g/mol. The topological polar surface area (TPSA) is 120 Å². The second-order valence-electron chi connectivity index (χ2n) is 9.98. The van der Waals surface area contributed by atoms with Crippen LogP contribution in [0.5, 0.6) is 0 Å². The van der Waals surface area contributed by atoms with E-state index in [0.29, 0.717) is 11.2 Å². The van der Waals surface area contributed by atoms with E-state index in [1.807, 2.05) is 6.92 Å². The Hall–Kier alpha value is -1.36. The molecule has 2 aromatic heterocycles. The maximum Gasteiger partial charge on any atom is 0.420 e. The number of hydrogen-bond donors (Lipinski definition) is 1. The van der Waals surface area contributed by atoms with Gasteiger partial charge in [0.15, 0.2) is 0 Å². The van der Waals surface area contributed by atoms with E-state index in [-0.39, 0.29) is 56.4 Å². The van der Waals surface area contributed by atoms with Crippen LogP contribution in [0.4, 0.5) is 9.59 Å². The van der Waals surface area contributed by atoms with E-state index in [9.17, 15) is 14.7 Å². The third-order valence-electron chi connectivity index (χ3n) is 5.11. The summed E-state index contributed by atoms with van der Waals surface area (Å²) in [5, 5.41) is 11.1. The quantitative estimate of drug-likeness (QED) is 0.439. The number of aliphatic hydroxyl groups excluding tert-OH is 1. The zero-order valence-electron chi connectivity index (χ0n) is 19.9. The van der Waals surface area contributed by atoms with Gasteiger partial charge in [-0.25, -0.2) is 14.5 Å². The average Bonchev–Trinajstić information content (AvgIpc) is 3.14. The van der Waals surface area contributed by atoms with Crippen LogP contribution in [0.25, 0.3) is 11.2 Å². The number of nitrogens with zero attached hydrogens (tertiary/aromatic N) is 5. The van der Waals surface area contributed by atoms with Crippen LogP contribution in [-0.4, -0.2) is 65.1 Å². The minimum Gasteiger partial charge on any atom is -0.443 e. The number of carbonyl (C=O) groups is 2. The fraction of sp³-hybridized carbons (Fsp3) is 0.667. The molecular formula is C21H29ClN5O5Y-. The number of aromatic nitrogens is 4. The normalized spacial score (nSPS) is 23.2. The second-order valence-corrected chi connectivity index (χ2v) is 10.3. The van der Waals surface area contributed by atoms with Gasteiger partial charge in [0.25, 0.3) is 0 Å². The van der Waals surface area contributed by atoms with Crippen molar-refractivity contribution in [3.63, 3.8) is 0 Å². The van der Waals surface area contributed by atoms with Crippen molar-refractivity contribution in [2.45, 2.75) is 84.3 Å². The fourth-order valence-electron chi connectivity index (χ4n) is 3.77. The SMILES string of the molecule is C[C@H]1[C@@H](O)[C@@H](N(C(=O)OC(C)(C)C)C(=O)OC(C)(C)C)C[C@H]1n1cnc2[c-]nc(Cl)nc21.[Y]. The maximum absolute atomic E-state index is 13.0. The first-order valence-electron chi connectivity index (χ1n) is 10.4. The van der Waals surface area contributed by atoms with E-state index >= 15 is 0 Å². The van der Waals surface area contributed by atoms with Crippen molar-refractivity contribution >= 4 is 35.0 Å². The third-order valence-corrected chi connectivity index (χ3v) is 5.28. The summed E-state index contributed by atoms with van der Waals surface area (Å²) in [6, 6.07) is -1.20. The summed E-state index contributed by atoms with van der Waals surface area (Å²) in [5.74, 6) is -0.349. The molecule has 0 aromatic carbocycles. The van der Waals surface area contributed by atoms with Crippen LogP contribution < -0.4 is 0 Å². The zero-order valence-corrected chi connectivity index (χ0v) is 23.5. The molecule has 0 spiro atoms. The summed E-state index contributed by atoms with van der Waals surface area (Å²) in [7, 11) is 0. The van der Waals surface area contributed by atoms with Crippen molar-refractivity contribution < 1.29 is 56.9 Å². The molecule has 4 atom stereocenters. The number of imidazole rings is 1. The van der Waals surface area contributed by atoms with Gasteiger partial charge in [-0.3, -0.25) is 4.98 Å². The summed E-state index contributed by atoms with van der Waals surface area (Å²) in [5.41, 5.74) is -0.794. The molecule has 1 aliphatic rings. The minimum atomic E-state index is -1.03. The molecule has 1 saturated carbocycles. The van der Waals surface area contributed by atoms with Gasteiger partial charge in [-0.15, -0.1) is 11.6 Å². The first-order chi connectivity index (χ1) is 14.7. The van der Waals surface area contributed by atoms with E-state index in [4.69, 9.17) is 21.1 Å².